The van der Waals surface area contributed by atoms with Gasteiger partial charge in [-0.05, 0) is 23.8 Å². The van der Waals surface area contributed by atoms with E-state index in [0.717, 1.165) is 5.56 Å². The van der Waals surface area contributed by atoms with E-state index in [9.17, 15) is 9.59 Å². The number of hydrogen-bond acceptors (Lipinski definition) is 4. The van der Waals surface area contributed by atoms with Crippen LogP contribution in [0.3, 0.4) is 0 Å². The molecule has 1 amide bonds. The molecule has 1 aromatic carbocycles. The first-order valence-electron chi connectivity index (χ1n) is 6.08. The van der Waals surface area contributed by atoms with Gasteiger partial charge in [0.2, 0.25) is 0 Å². The lowest BCUT2D eigenvalue weighted by Gasteiger charge is -2.11. The summed E-state index contributed by atoms with van der Waals surface area (Å²) in [5.41, 5.74) is 0.903. The zero-order valence-corrected chi connectivity index (χ0v) is 11.4. The van der Waals surface area contributed by atoms with Crippen LogP contribution >= 0.6 is 11.6 Å². The highest BCUT2D eigenvalue weighted by Crippen LogP contribution is 2.30. The van der Waals surface area contributed by atoms with Crippen LogP contribution < -0.4 is 10.1 Å². The zero-order valence-electron chi connectivity index (χ0n) is 10.6. The molecule has 2 rings (SSSR count). The van der Waals surface area contributed by atoms with Crippen LogP contribution in [-0.4, -0.2) is 42.8 Å². The third-order valence-electron chi connectivity index (χ3n) is 2.76. The van der Waals surface area contributed by atoms with Crippen LogP contribution in [0.4, 0.5) is 0 Å². The Labute approximate surface area is 120 Å². The predicted octanol–water partition coefficient (Wildman–Crippen LogP) is 0.861. The van der Waals surface area contributed by atoms with Crippen molar-refractivity contribution < 1.29 is 24.2 Å². The van der Waals surface area contributed by atoms with Crippen LogP contribution in [0.5, 0.6) is 5.75 Å². The van der Waals surface area contributed by atoms with Crippen molar-refractivity contribution in [3.05, 3.63) is 28.8 Å². The van der Waals surface area contributed by atoms with Gasteiger partial charge in [0.1, 0.15) is 12.4 Å². The standard InChI is InChI=1S/C13H14ClNO5/c14-9-1-2-10-8(5-9)6-11(20-10)13(18)15-3-4-19-7-12(16)17/h1-2,5,11H,3-4,6-7H2,(H,15,18)(H,16,17). The summed E-state index contributed by atoms with van der Waals surface area (Å²) in [6, 6.07) is 5.22. The molecule has 7 heteroatoms. The number of nitrogens with one attached hydrogen (secondary N) is 1. The lowest BCUT2D eigenvalue weighted by atomic mass is 10.1. The Hall–Kier alpha value is -1.79. The number of aliphatic carboxylic acids is 1. The van der Waals surface area contributed by atoms with Crippen molar-refractivity contribution in [3.63, 3.8) is 0 Å². The van der Waals surface area contributed by atoms with Gasteiger partial charge in [0.25, 0.3) is 5.91 Å². The molecule has 0 saturated carbocycles. The van der Waals surface area contributed by atoms with Crippen LogP contribution in [0.2, 0.25) is 5.02 Å². The van der Waals surface area contributed by atoms with E-state index >= 15 is 0 Å². The SMILES string of the molecule is O=C(O)COCCNC(=O)C1Cc2cc(Cl)ccc2O1. The predicted molar refractivity (Wildman–Crippen MR) is 71.0 cm³/mol. The Morgan fingerprint density at radius 3 is 3.05 bits per heavy atom. The van der Waals surface area contributed by atoms with Gasteiger partial charge in [0, 0.05) is 18.0 Å². The highest BCUT2D eigenvalue weighted by atomic mass is 35.5. The van der Waals surface area contributed by atoms with Gasteiger partial charge >= 0.3 is 5.97 Å². The van der Waals surface area contributed by atoms with Crippen molar-refractivity contribution in [2.45, 2.75) is 12.5 Å². The number of fused-ring (bicyclic) bond motifs is 1. The van der Waals surface area contributed by atoms with Crippen LogP contribution in [0.15, 0.2) is 18.2 Å². The Morgan fingerprint density at radius 1 is 1.50 bits per heavy atom. The van der Waals surface area contributed by atoms with E-state index in [1.807, 2.05) is 0 Å². The number of ether oxygens (including phenoxy) is 2. The van der Waals surface area contributed by atoms with E-state index in [2.05, 4.69) is 5.32 Å². The summed E-state index contributed by atoms with van der Waals surface area (Å²) in [5, 5.41) is 11.6. The van der Waals surface area contributed by atoms with Gasteiger partial charge in [-0.15, -0.1) is 0 Å². The van der Waals surface area contributed by atoms with Crippen molar-refractivity contribution in [3.8, 4) is 5.75 Å². The molecule has 0 saturated heterocycles. The van der Waals surface area contributed by atoms with Gasteiger partial charge in [-0.1, -0.05) is 11.6 Å². The maximum Gasteiger partial charge on any atom is 0.329 e. The fourth-order valence-corrected chi connectivity index (χ4v) is 2.08. The smallest absolute Gasteiger partial charge is 0.329 e. The van der Waals surface area contributed by atoms with E-state index < -0.39 is 12.1 Å². The second-order valence-electron chi connectivity index (χ2n) is 4.30. The minimum atomic E-state index is -1.04. The number of halogens is 1. The largest absolute Gasteiger partial charge is 0.480 e. The summed E-state index contributed by atoms with van der Waals surface area (Å²) in [5.74, 6) is -0.629. The molecule has 0 bridgehead atoms. The Balaban J connectivity index is 1.74. The molecule has 1 aromatic rings. The van der Waals surface area contributed by atoms with Crippen LogP contribution in [0, 0.1) is 0 Å². The molecule has 20 heavy (non-hydrogen) atoms. The first-order valence-corrected chi connectivity index (χ1v) is 6.46. The molecule has 1 atom stereocenters. The lowest BCUT2D eigenvalue weighted by Crippen LogP contribution is -2.39. The van der Waals surface area contributed by atoms with Crippen molar-refractivity contribution in [1.29, 1.82) is 0 Å². The van der Waals surface area contributed by atoms with E-state index in [-0.39, 0.29) is 25.7 Å². The maximum absolute atomic E-state index is 11.9. The average molecular weight is 300 g/mol. The second kappa shape index (κ2) is 6.58. The molecule has 6 nitrogen and oxygen atoms in total. The molecule has 1 heterocycles. The van der Waals surface area contributed by atoms with Crippen LogP contribution in [0.1, 0.15) is 5.56 Å². The van der Waals surface area contributed by atoms with Crippen molar-refractivity contribution in [2.75, 3.05) is 19.8 Å². The summed E-state index contributed by atoms with van der Waals surface area (Å²) in [6.45, 7) is 0.00630. The van der Waals surface area contributed by atoms with E-state index in [1.165, 1.54) is 0 Å². The number of carbonyl (C=O) groups excluding carboxylic acids is 1. The molecule has 1 unspecified atom stereocenters. The highest BCUT2D eigenvalue weighted by molar-refractivity contribution is 6.30. The minimum Gasteiger partial charge on any atom is -0.480 e. The number of carboxylic acid groups (broad SMARTS) is 1. The second-order valence-corrected chi connectivity index (χ2v) is 4.74. The monoisotopic (exact) mass is 299 g/mol. The van der Waals surface area contributed by atoms with Crippen molar-refractivity contribution in [2.24, 2.45) is 0 Å². The minimum absolute atomic E-state index is 0.142. The van der Waals surface area contributed by atoms with Gasteiger partial charge < -0.3 is 19.9 Å². The molecule has 1 aliphatic rings. The fraction of sp³-hybridized carbons (Fsp3) is 0.385. The van der Waals surface area contributed by atoms with Crippen LogP contribution in [0.25, 0.3) is 0 Å². The number of hydrogen-bond donors (Lipinski definition) is 2. The molecule has 0 radical (unpaired) electrons. The number of benzene rings is 1. The number of carbonyl (C=O) groups is 2. The van der Waals surface area contributed by atoms with Gasteiger partial charge in [-0.25, -0.2) is 4.79 Å². The van der Waals surface area contributed by atoms with Gasteiger partial charge in [0.15, 0.2) is 6.10 Å². The Bertz CT molecular complexity index is 519. The topological polar surface area (TPSA) is 84.9 Å². The fourth-order valence-electron chi connectivity index (χ4n) is 1.88. The molecule has 0 spiro atoms. The van der Waals surface area contributed by atoms with Crippen molar-refractivity contribution >= 4 is 23.5 Å². The summed E-state index contributed by atoms with van der Waals surface area (Å²) in [4.78, 5) is 22.1. The molecule has 108 valence electrons. The molecule has 1 aliphatic heterocycles. The zero-order chi connectivity index (χ0) is 14.5. The lowest BCUT2D eigenvalue weighted by molar-refractivity contribution is -0.142. The van der Waals surface area contributed by atoms with E-state index in [4.69, 9.17) is 26.2 Å². The summed E-state index contributed by atoms with van der Waals surface area (Å²) in [6.07, 6.45) is -0.111. The molecule has 0 aliphatic carbocycles. The number of amides is 1. The molecule has 0 aromatic heterocycles. The summed E-state index contributed by atoms with van der Waals surface area (Å²) in [7, 11) is 0. The van der Waals surface area contributed by atoms with Gasteiger partial charge in [-0.3, -0.25) is 4.79 Å². The Kier molecular flexibility index (Phi) is 4.81. The molecular formula is C13H14ClNO5. The highest BCUT2D eigenvalue weighted by Gasteiger charge is 2.28. The van der Waals surface area contributed by atoms with Crippen molar-refractivity contribution in [1.82, 2.24) is 5.32 Å². The summed E-state index contributed by atoms with van der Waals surface area (Å²) < 4.78 is 10.3. The van der Waals surface area contributed by atoms with E-state index in [1.54, 1.807) is 18.2 Å². The Morgan fingerprint density at radius 2 is 2.30 bits per heavy atom. The number of rotatable bonds is 6. The molecular weight excluding hydrogens is 286 g/mol. The van der Waals surface area contributed by atoms with Gasteiger partial charge in [-0.2, -0.15) is 0 Å². The molecule has 0 fully saturated rings. The first kappa shape index (κ1) is 14.6. The first-order chi connectivity index (χ1) is 9.56. The summed E-state index contributed by atoms with van der Waals surface area (Å²) >= 11 is 5.87. The van der Waals surface area contributed by atoms with E-state index in [0.29, 0.717) is 17.2 Å². The number of carboxylic acids is 1. The van der Waals surface area contributed by atoms with Crippen LogP contribution in [-0.2, 0) is 20.7 Å². The average Bonchev–Trinajstić information content (AvgIpc) is 2.80. The third-order valence-corrected chi connectivity index (χ3v) is 3.00. The third kappa shape index (κ3) is 3.85. The maximum atomic E-state index is 11.9. The molecule has 2 N–H and O–H groups in total. The normalized spacial score (nSPS) is 16.4. The van der Waals surface area contributed by atoms with Gasteiger partial charge in [0.05, 0.1) is 6.61 Å². The quantitative estimate of drug-likeness (QED) is 0.761.